The van der Waals surface area contributed by atoms with Gasteiger partial charge in [-0.2, -0.15) is 0 Å². The van der Waals surface area contributed by atoms with Crippen LogP contribution < -0.4 is 4.90 Å². The van der Waals surface area contributed by atoms with Crippen LogP contribution >= 0.6 is 0 Å². The molecule has 3 heteroatoms. The minimum Gasteiger partial charge on any atom is -0.268 e. The summed E-state index contributed by atoms with van der Waals surface area (Å²) in [5.41, 5.74) is 2.59. The standard InChI is InChI=1S/C18H17NO2/c1-18(2,3)12-9-10-14-15(11-12)17(21)19(16(14)20)13-7-5-4-6-8-13/h4-11H,1-3H3. The number of para-hydroxylation sites is 1. The van der Waals surface area contributed by atoms with Crippen LogP contribution in [0.4, 0.5) is 5.69 Å². The van der Waals surface area contributed by atoms with Crippen molar-refractivity contribution < 1.29 is 9.59 Å². The zero-order chi connectivity index (χ0) is 15.2. The number of benzene rings is 2. The predicted molar refractivity (Wildman–Crippen MR) is 82.7 cm³/mol. The lowest BCUT2D eigenvalue weighted by atomic mass is 9.85. The summed E-state index contributed by atoms with van der Waals surface area (Å²) in [5.74, 6) is -0.492. The summed E-state index contributed by atoms with van der Waals surface area (Å²) in [4.78, 5) is 26.3. The van der Waals surface area contributed by atoms with Crippen molar-refractivity contribution in [2.45, 2.75) is 26.2 Å². The maximum Gasteiger partial charge on any atom is 0.266 e. The number of rotatable bonds is 1. The average Bonchev–Trinajstić information content (AvgIpc) is 2.70. The first kappa shape index (κ1) is 13.6. The molecule has 0 saturated heterocycles. The lowest BCUT2D eigenvalue weighted by Gasteiger charge is -2.19. The molecule has 0 saturated carbocycles. The summed E-state index contributed by atoms with van der Waals surface area (Å²) in [6.07, 6.45) is 0. The molecule has 2 aromatic rings. The second kappa shape index (κ2) is 4.55. The molecular formula is C18H17NO2. The fraction of sp³-hybridized carbons (Fsp3) is 0.222. The van der Waals surface area contributed by atoms with Crippen molar-refractivity contribution in [2.24, 2.45) is 0 Å². The minimum absolute atomic E-state index is 0.0570. The Hall–Kier alpha value is -2.42. The number of anilines is 1. The van der Waals surface area contributed by atoms with Crippen LogP contribution in [0.5, 0.6) is 0 Å². The smallest absolute Gasteiger partial charge is 0.266 e. The van der Waals surface area contributed by atoms with Crippen LogP contribution in [-0.2, 0) is 5.41 Å². The molecule has 0 spiro atoms. The largest absolute Gasteiger partial charge is 0.268 e. The van der Waals surface area contributed by atoms with Crippen LogP contribution in [-0.4, -0.2) is 11.8 Å². The number of fused-ring (bicyclic) bond motifs is 1. The van der Waals surface area contributed by atoms with Crippen LogP contribution in [0.1, 0.15) is 47.1 Å². The molecule has 0 aromatic heterocycles. The van der Waals surface area contributed by atoms with E-state index in [0.29, 0.717) is 16.8 Å². The van der Waals surface area contributed by atoms with Crippen molar-refractivity contribution in [1.82, 2.24) is 0 Å². The van der Waals surface area contributed by atoms with E-state index in [-0.39, 0.29) is 17.2 Å². The zero-order valence-corrected chi connectivity index (χ0v) is 12.4. The maximum absolute atomic E-state index is 12.6. The van der Waals surface area contributed by atoms with Gasteiger partial charge in [0, 0.05) is 0 Å². The van der Waals surface area contributed by atoms with Crippen LogP contribution in [0.25, 0.3) is 0 Å². The number of carbonyl (C=O) groups is 2. The summed E-state index contributed by atoms with van der Waals surface area (Å²) in [7, 11) is 0. The molecule has 0 aliphatic carbocycles. The van der Waals surface area contributed by atoms with Crippen LogP contribution in [0.15, 0.2) is 48.5 Å². The first-order valence-electron chi connectivity index (χ1n) is 6.98. The molecule has 0 unspecified atom stereocenters. The Morgan fingerprint density at radius 2 is 1.43 bits per heavy atom. The SMILES string of the molecule is CC(C)(C)c1ccc2c(c1)C(=O)N(c1ccccc1)C2=O. The van der Waals surface area contributed by atoms with Crippen molar-refractivity contribution in [3.8, 4) is 0 Å². The Balaban J connectivity index is 2.09. The van der Waals surface area contributed by atoms with Gasteiger partial charge in [-0.3, -0.25) is 9.59 Å². The van der Waals surface area contributed by atoms with Crippen molar-refractivity contribution in [3.63, 3.8) is 0 Å². The lowest BCUT2D eigenvalue weighted by molar-refractivity contribution is 0.0926. The highest BCUT2D eigenvalue weighted by Crippen LogP contribution is 2.31. The third-order valence-electron chi connectivity index (χ3n) is 3.77. The van der Waals surface area contributed by atoms with Gasteiger partial charge in [0.05, 0.1) is 16.8 Å². The van der Waals surface area contributed by atoms with Crippen LogP contribution in [0, 0.1) is 0 Å². The van der Waals surface area contributed by atoms with Crippen molar-refractivity contribution >= 4 is 17.5 Å². The highest BCUT2D eigenvalue weighted by molar-refractivity contribution is 6.34. The fourth-order valence-electron chi connectivity index (χ4n) is 2.52. The van der Waals surface area contributed by atoms with E-state index in [2.05, 4.69) is 20.8 Å². The molecule has 1 aliphatic rings. The Morgan fingerprint density at radius 1 is 0.810 bits per heavy atom. The summed E-state index contributed by atoms with van der Waals surface area (Å²) in [6, 6.07) is 14.6. The van der Waals surface area contributed by atoms with Crippen LogP contribution in [0.2, 0.25) is 0 Å². The van der Waals surface area contributed by atoms with Crippen LogP contribution in [0.3, 0.4) is 0 Å². The molecule has 1 aliphatic heterocycles. The number of carbonyl (C=O) groups excluding carboxylic acids is 2. The van der Waals surface area contributed by atoms with E-state index in [9.17, 15) is 9.59 Å². The number of hydrogen-bond donors (Lipinski definition) is 0. The number of hydrogen-bond acceptors (Lipinski definition) is 2. The normalized spacial score (nSPS) is 14.5. The second-order valence-corrected chi connectivity index (χ2v) is 6.29. The van der Waals surface area contributed by atoms with Gasteiger partial charge in [-0.15, -0.1) is 0 Å². The topological polar surface area (TPSA) is 37.4 Å². The van der Waals surface area contributed by atoms with Crippen molar-refractivity contribution in [2.75, 3.05) is 4.90 Å². The number of imide groups is 1. The Morgan fingerprint density at radius 3 is 2.05 bits per heavy atom. The van der Waals surface area contributed by atoms with E-state index in [4.69, 9.17) is 0 Å². The fourth-order valence-corrected chi connectivity index (χ4v) is 2.52. The van der Waals surface area contributed by atoms with E-state index in [1.165, 1.54) is 4.90 Å². The summed E-state index contributed by atoms with van der Waals surface area (Å²) in [6.45, 7) is 6.26. The Labute approximate surface area is 124 Å². The van der Waals surface area contributed by atoms with Crippen molar-refractivity contribution in [1.29, 1.82) is 0 Å². The third kappa shape index (κ3) is 2.15. The quantitative estimate of drug-likeness (QED) is 0.745. The molecule has 1 heterocycles. The molecule has 0 N–H and O–H groups in total. The van der Waals surface area contributed by atoms with E-state index in [1.54, 1.807) is 18.2 Å². The second-order valence-electron chi connectivity index (χ2n) is 6.29. The summed E-state index contributed by atoms with van der Waals surface area (Å²) >= 11 is 0. The van der Waals surface area contributed by atoms with Crippen molar-refractivity contribution in [3.05, 3.63) is 65.2 Å². The van der Waals surface area contributed by atoms with Gasteiger partial charge in [-0.25, -0.2) is 4.90 Å². The molecule has 2 aromatic carbocycles. The molecule has 0 radical (unpaired) electrons. The Kier molecular flexibility index (Phi) is 2.94. The maximum atomic E-state index is 12.6. The highest BCUT2D eigenvalue weighted by atomic mass is 16.2. The summed E-state index contributed by atoms with van der Waals surface area (Å²) < 4.78 is 0. The third-order valence-corrected chi connectivity index (χ3v) is 3.77. The Bertz CT molecular complexity index is 727. The molecule has 106 valence electrons. The first-order valence-corrected chi connectivity index (χ1v) is 6.98. The van der Waals surface area contributed by atoms with Gasteiger partial charge < -0.3 is 0 Å². The van der Waals surface area contributed by atoms with Gasteiger partial charge in [-0.1, -0.05) is 45.0 Å². The molecule has 0 atom stereocenters. The predicted octanol–water partition coefficient (Wildman–Crippen LogP) is 3.78. The summed E-state index contributed by atoms with van der Waals surface area (Å²) in [5, 5.41) is 0. The van der Waals surface area contributed by atoms with E-state index >= 15 is 0 Å². The molecule has 0 fully saturated rings. The molecule has 0 bridgehead atoms. The first-order chi connectivity index (χ1) is 9.89. The van der Waals surface area contributed by atoms with Gasteiger partial charge in [0.15, 0.2) is 0 Å². The molecule has 21 heavy (non-hydrogen) atoms. The van der Waals surface area contributed by atoms with E-state index < -0.39 is 0 Å². The minimum atomic E-state index is -0.248. The molecule has 3 rings (SSSR count). The molecule has 2 amide bonds. The van der Waals surface area contributed by atoms with Gasteiger partial charge in [0.1, 0.15) is 0 Å². The highest BCUT2D eigenvalue weighted by Gasteiger charge is 2.37. The van der Waals surface area contributed by atoms with E-state index in [0.717, 1.165) is 5.56 Å². The van der Waals surface area contributed by atoms with Gasteiger partial charge >= 0.3 is 0 Å². The zero-order valence-electron chi connectivity index (χ0n) is 12.4. The monoisotopic (exact) mass is 279 g/mol. The number of nitrogens with zero attached hydrogens (tertiary/aromatic N) is 1. The van der Waals surface area contributed by atoms with Gasteiger partial charge in [-0.05, 0) is 35.2 Å². The molecular weight excluding hydrogens is 262 g/mol. The van der Waals surface area contributed by atoms with Gasteiger partial charge in [0.2, 0.25) is 0 Å². The molecule has 3 nitrogen and oxygen atoms in total. The average molecular weight is 279 g/mol. The lowest BCUT2D eigenvalue weighted by Crippen LogP contribution is -2.29. The van der Waals surface area contributed by atoms with E-state index in [1.807, 2.05) is 30.3 Å². The van der Waals surface area contributed by atoms with Gasteiger partial charge in [0.25, 0.3) is 11.8 Å². The number of amides is 2.